The van der Waals surface area contributed by atoms with Gasteiger partial charge in [-0.1, -0.05) is 13.8 Å². The molecule has 1 aromatic rings. The molecule has 0 bridgehead atoms. The Morgan fingerprint density at radius 1 is 1.10 bits per heavy atom. The zero-order valence-electron chi connectivity index (χ0n) is 13.2. The van der Waals surface area contributed by atoms with Crippen LogP contribution in [0.4, 0.5) is 0 Å². The van der Waals surface area contributed by atoms with Crippen molar-refractivity contribution < 1.29 is 4.74 Å². The summed E-state index contributed by atoms with van der Waals surface area (Å²) in [6.07, 6.45) is 5.04. The molecule has 0 spiro atoms. The maximum atomic E-state index is 5.04. The van der Waals surface area contributed by atoms with Gasteiger partial charge in [0.05, 0.1) is 12.4 Å². The van der Waals surface area contributed by atoms with Crippen molar-refractivity contribution in [1.82, 2.24) is 15.3 Å². The third kappa shape index (κ3) is 5.38. The standard InChI is InChI=1S/C15H27N3OS/c1-5-13-12(7-8-16-9-10-19-3)14(6-2)18-15(17-13)11-20-4/h16H,5-11H2,1-4H3. The van der Waals surface area contributed by atoms with Gasteiger partial charge < -0.3 is 10.1 Å². The second-order valence-electron chi connectivity index (χ2n) is 4.64. The zero-order valence-corrected chi connectivity index (χ0v) is 14.0. The molecule has 1 rings (SSSR count). The topological polar surface area (TPSA) is 47.0 Å². The third-order valence-corrected chi connectivity index (χ3v) is 3.75. The fourth-order valence-electron chi connectivity index (χ4n) is 2.22. The van der Waals surface area contributed by atoms with E-state index in [1.807, 2.05) is 0 Å². The lowest BCUT2D eigenvalue weighted by Crippen LogP contribution is -2.23. The molecule has 0 unspecified atom stereocenters. The Morgan fingerprint density at radius 2 is 1.75 bits per heavy atom. The third-order valence-electron chi connectivity index (χ3n) is 3.20. The van der Waals surface area contributed by atoms with Gasteiger partial charge in [0.2, 0.25) is 0 Å². The minimum absolute atomic E-state index is 0.754. The Labute approximate surface area is 127 Å². The molecule has 20 heavy (non-hydrogen) atoms. The highest BCUT2D eigenvalue weighted by molar-refractivity contribution is 7.97. The van der Waals surface area contributed by atoms with Gasteiger partial charge in [-0.3, -0.25) is 0 Å². The first-order chi connectivity index (χ1) is 9.76. The quantitative estimate of drug-likeness (QED) is 0.671. The van der Waals surface area contributed by atoms with Crippen LogP contribution < -0.4 is 5.32 Å². The van der Waals surface area contributed by atoms with Gasteiger partial charge in [0.15, 0.2) is 0 Å². The number of nitrogens with one attached hydrogen (secondary N) is 1. The molecule has 0 amide bonds. The molecule has 0 saturated carbocycles. The lowest BCUT2D eigenvalue weighted by molar-refractivity contribution is 0.199. The van der Waals surface area contributed by atoms with Gasteiger partial charge in [-0.2, -0.15) is 11.8 Å². The summed E-state index contributed by atoms with van der Waals surface area (Å²) in [6, 6.07) is 0. The average Bonchev–Trinajstić information content (AvgIpc) is 2.47. The Kier molecular flexibility index (Phi) is 8.82. The van der Waals surface area contributed by atoms with Gasteiger partial charge in [-0.05, 0) is 37.6 Å². The second-order valence-corrected chi connectivity index (χ2v) is 5.51. The van der Waals surface area contributed by atoms with Crippen LogP contribution in [0.15, 0.2) is 0 Å². The van der Waals surface area contributed by atoms with Crippen LogP contribution in [0.5, 0.6) is 0 Å². The van der Waals surface area contributed by atoms with Gasteiger partial charge in [-0.15, -0.1) is 0 Å². The smallest absolute Gasteiger partial charge is 0.138 e. The first-order valence-electron chi connectivity index (χ1n) is 7.32. The SMILES string of the molecule is CCc1nc(CSC)nc(CC)c1CCNCCOC. The summed E-state index contributed by atoms with van der Waals surface area (Å²) in [5, 5.41) is 3.39. The number of aromatic nitrogens is 2. The number of ether oxygens (including phenoxy) is 1. The second kappa shape index (κ2) is 10.1. The van der Waals surface area contributed by atoms with E-state index in [1.54, 1.807) is 18.9 Å². The van der Waals surface area contributed by atoms with E-state index in [4.69, 9.17) is 14.7 Å². The first kappa shape index (κ1) is 17.4. The number of rotatable bonds is 10. The van der Waals surface area contributed by atoms with Crippen LogP contribution in [0.3, 0.4) is 0 Å². The van der Waals surface area contributed by atoms with Crippen molar-refractivity contribution in [2.24, 2.45) is 0 Å². The number of hydrogen-bond acceptors (Lipinski definition) is 5. The maximum absolute atomic E-state index is 5.04. The molecule has 0 saturated heterocycles. The van der Waals surface area contributed by atoms with E-state index in [0.29, 0.717) is 0 Å². The highest BCUT2D eigenvalue weighted by Crippen LogP contribution is 2.16. The molecule has 1 N–H and O–H groups in total. The molecule has 0 aliphatic rings. The Morgan fingerprint density at radius 3 is 2.25 bits per heavy atom. The van der Waals surface area contributed by atoms with E-state index in [9.17, 15) is 0 Å². The van der Waals surface area contributed by atoms with E-state index in [-0.39, 0.29) is 0 Å². The molecular weight excluding hydrogens is 270 g/mol. The maximum Gasteiger partial charge on any atom is 0.138 e. The number of aryl methyl sites for hydroxylation is 2. The van der Waals surface area contributed by atoms with E-state index in [1.165, 1.54) is 17.0 Å². The highest BCUT2D eigenvalue weighted by atomic mass is 32.2. The van der Waals surface area contributed by atoms with Crippen molar-refractivity contribution in [1.29, 1.82) is 0 Å². The van der Waals surface area contributed by atoms with Crippen molar-refractivity contribution >= 4 is 11.8 Å². The van der Waals surface area contributed by atoms with Crippen molar-refractivity contribution in [3.63, 3.8) is 0 Å². The zero-order chi connectivity index (χ0) is 14.8. The van der Waals surface area contributed by atoms with Gasteiger partial charge in [0.1, 0.15) is 5.82 Å². The minimum atomic E-state index is 0.754. The molecule has 0 aromatic carbocycles. The predicted octanol–water partition coefficient (Wildman–Crippen LogP) is 2.24. The molecule has 0 radical (unpaired) electrons. The fourth-order valence-corrected chi connectivity index (χ4v) is 2.61. The normalized spacial score (nSPS) is 11.0. The van der Waals surface area contributed by atoms with Crippen molar-refractivity contribution in [2.75, 3.05) is 33.1 Å². The van der Waals surface area contributed by atoms with Crippen LogP contribution in [0, 0.1) is 0 Å². The molecule has 0 aliphatic heterocycles. The van der Waals surface area contributed by atoms with Crippen molar-refractivity contribution in [3.05, 3.63) is 22.8 Å². The summed E-state index contributed by atoms with van der Waals surface area (Å²) >= 11 is 1.77. The summed E-state index contributed by atoms with van der Waals surface area (Å²) < 4.78 is 5.04. The molecule has 5 heteroatoms. The van der Waals surface area contributed by atoms with Crippen LogP contribution in [-0.2, 0) is 29.8 Å². The summed E-state index contributed by atoms with van der Waals surface area (Å²) in [5.41, 5.74) is 3.77. The van der Waals surface area contributed by atoms with Crippen LogP contribution in [0.25, 0.3) is 0 Å². The number of hydrogen-bond donors (Lipinski definition) is 1. The number of nitrogens with zero attached hydrogens (tertiary/aromatic N) is 2. The molecule has 4 nitrogen and oxygen atoms in total. The van der Waals surface area contributed by atoms with Crippen LogP contribution in [0.2, 0.25) is 0 Å². The predicted molar refractivity (Wildman–Crippen MR) is 86.5 cm³/mol. The molecule has 0 fully saturated rings. The summed E-state index contributed by atoms with van der Waals surface area (Å²) in [7, 11) is 1.73. The van der Waals surface area contributed by atoms with Crippen LogP contribution >= 0.6 is 11.8 Å². The molecule has 0 atom stereocenters. The molecule has 0 aliphatic carbocycles. The molecule has 1 aromatic heterocycles. The lowest BCUT2D eigenvalue weighted by atomic mass is 10.0. The Balaban J connectivity index is 2.76. The van der Waals surface area contributed by atoms with E-state index < -0.39 is 0 Å². The monoisotopic (exact) mass is 297 g/mol. The van der Waals surface area contributed by atoms with Crippen LogP contribution in [0.1, 0.15) is 36.6 Å². The van der Waals surface area contributed by atoms with Gasteiger partial charge in [0.25, 0.3) is 0 Å². The molecular formula is C15H27N3OS. The highest BCUT2D eigenvalue weighted by Gasteiger charge is 2.11. The van der Waals surface area contributed by atoms with Gasteiger partial charge in [-0.25, -0.2) is 9.97 Å². The van der Waals surface area contributed by atoms with Gasteiger partial charge in [0, 0.05) is 25.0 Å². The average molecular weight is 297 g/mol. The number of methoxy groups -OCH3 is 1. The molecule has 114 valence electrons. The Bertz CT molecular complexity index is 374. The largest absolute Gasteiger partial charge is 0.383 e. The van der Waals surface area contributed by atoms with E-state index in [2.05, 4.69) is 25.4 Å². The fraction of sp³-hybridized carbons (Fsp3) is 0.733. The summed E-state index contributed by atoms with van der Waals surface area (Å²) in [5.74, 6) is 1.87. The summed E-state index contributed by atoms with van der Waals surface area (Å²) in [6.45, 7) is 6.95. The van der Waals surface area contributed by atoms with Crippen molar-refractivity contribution in [3.8, 4) is 0 Å². The first-order valence-corrected chi connectivity index (χ1v) is 8.72. The summed E-state index contributed by atoms with van der Waals surface area (Å²) in [4.78, 5) is 9.44. The van der Waals surface area contributed by atoms with E-state index >= 15 is 0 Å². The number of thioether (sulfide) groups is 1. The van der Waals surface area contributed by atoms with Crippen LogP contribution in [-0.4, -0.2) is 43.0 Å². The van der Waals surface area contributed by atoms with E-state index in [0.717, 1.165) is 50.5 Å². The van der Waals surface area contributed by atoms with Gasteiger partial charge >= 0.3 is 0 Å². The lowest BCUT2D eigenvalue weighted by Gasteiger charge is -2.14. The van der Waals surface area contributed by atoms with Crippen molar-refractivity contribution in [2.45, 2.75) is 38.9 Å². The Hall–Kier alpha value is -0.650. The minimum Gasteiger partial charge on any atom is -0.383 e. The molecule has 1 heterocycles.